The lowest BCUT2D eigenvalue weighted by atomic mass is 9.44. The van der Waals surface area contributed by atoms with Crippen LogP contribution < -0.4 is 0 Å². The zero-order valence-corrected chi connectivity index (χ0v) is 20.8. The van der Waals surface area contributed by atoms with Crippen molar-refractivity contribution in [3.8, 4) is 0 Å². The molecule has 0 bridgehead atoms. The molecule has 7 rings (SSSR count). The third-order valence-electron chi connectivity index (χ3n) is 11.8. The van der Waals surface area contributed by atoms with Gasteiger partial charge in [-0.05, 0) is 89.7 Å². The monoisotopic (exact) mass is 482 g/mol. The highest BCUT2D eigenvalue weighted by Gasteiger charge is 2.82. The van der Waals surface area contributed by atoms with Crippen molar-refractivity contribution in [1.29, 1.82) is 0 Å². The third kappa shape index (κ3) is 2.26. The van der Waals surface area contributed by atoms with Crippen LogP contribution in [-0.2, 0) is 28.6 Å². The van der Waals surface area contributed by atoms with Crippen molar-refractivity contribution in [2.24, 2.45) is 34.5 Å². The van der Waals surface area contributed by atoms with E-state index in [4.69, 9.17) is 14.2 Å². The van der Waals surface area contributed by atoms with Gasteiger partial charge in [-0.1, -0.05) is 5.57 Å². The van der Waals surface area contributed by atoms with Crippen LogP contribution in [0.1, 0.15) is 66.2 Å². The summed E-state index contributed by atoms with van der Waals surface area (Å²) in [4.78, 5) is 39.7. The van der Waals surface area contributed by atoms with Gasteiger partial charge in [0, 0.05) is 17.9 Å². The number of ether oxygens (including phenoxy) is 3. The van der Waals surface area contributed by atoms with Crippen LogP contribution in [0.25, 0.3) is 0 Å². The fourth-order valence-electron chi connectivity index (χ4n) is 9.90. The zero-order chi connectivity index (χ0) is 24.7. The van der Waals surface area contributed by atoms with Crippen molar-refractivity contribution < 1.29 is 33.7 Å². The first-order chi connectivity index (χ1) is 16.5. The molecular formula is C28H34O7. The number of fused-ring (bicyclic) bond motifs is 3. The first-order valence-corrected chi connectivity index (χ1v) is 13.2. The highest BCUT2D eigenvalue weighted by atomic mass is 16.6. The van der Waals surface area contributed by atoms with E-state index in [0.29, 0.717) is 18.4 Å². The van der Waals surface area contributed by atoms with Gasteiger partial charge in [-0.15, -0.1) is 0 Å². The van der Waals surface area contributed by atoms with Crippen molar-refractivity contribution in [1.82, 2.24) is 0 Å². The van der Waals surface area contributed by atoms with Gasteiger partial charge in [0.15, 0.2) is 11.4 Å². The Kier molecular flexibility index (Phi) is 4.10. The van der Waals surface area contributed by atoms with Crippen LogP contribution in [0.3, 0.4) is 0 Å². The molecule has 188 valence electrons. The largest absolute Gasteiger partial charge is 0.455 e. The van der Waals surface area contributed by atoms with Gasteiger partial charge in [-0.2, -0.15) is 0 Å². The Hall–Kier alpha value is -1.99. The summed E-state index contributed by atoms with van der Waals surface area (Å²) in [6.45, 7) is 7.69. The number of rotatable bonds is 1. The van der Waals surface area contributed by atoms with Crippen LogP contribution >= 0.6 is 0 Å². The summed E-state index contributed by atoms with van der Waals surface area (Å²) in [5, 5.41) is 10.8. The molecule has 0 unspecified atom stereocenters. The van der Waals surface area contributed by atoms with Gasteiger partial charge in [-0.25, -0.2) is 4.79 Å². The number of hydrogen-bond acceptors (Lipinski definition) is 7. The summed E-state index contributed by atoms with van der Waals surface area (Å²) < 4.78 is 18.3. The maximum atomic E-state index is 13.8. The molecule has 7 aliphatic rings. The number of allylic oxidation sites excluding steroid dienone is 1. The molecule has 3 heterocycles. The van der Waals surface area contributed by atoms with Gasteiger partial charge >= 0.3 is 11.9 Å². The second-order valence-electron chi connectivity index (χ2n) is 12.7. The Balaban J connectivity index is 1.25. The van der Waals surface area contributed by atoms with Gasteiger partial charge in [0.25, 0.3) is 0 Å². The number of hydrogen-bond donors (Lipinski definition) is 1. The van der Waals surface area contributed by atoms with Crippen LogP contribution in [0.4, 0.5) is 0 Å². The second kappa shape index (κ2) is 6.46. The molecule has 3 aliphatic heterocycles. The quantitative estimate of drug-likeness (QED) is 0.453. The first kappa shape index (κ1) is 22.2. The molecule has 5 fully saturated rings. The topological polar surface area (TPSA) is 102 Å². The Morgan fingerprint density at radius 1 is 1.03 bits per heavy atom. The van der Waals surface area contributed by atoms with Crippen molar-refractivity contribution in [3.05, 3.63) is 23.3 Å². The number of epoxide rings is 1. The second-order valence-corrected chi connectivity index (χ2v) is 12.7. The molecule has 7 heteroatoms. The number of cyclic esters (lactones) is 2. The normalized spacial score (nSPS) is 55.9. The first-order valence-electron chi connectivity index (χ1n) is 13.2. The number of carbonyl (C=O) groups excluding carboxylic acids is 3. The minimum atomic E-state index is -0.853. The predicted octanol–water partition coefficient (Wildman–Crippen LogP) is 3.04. The summed E-state index contributed by atoms with van der Waals surface area (Å²) in [5.74, 6) is -0.133. The van der Waals surface area contributed by atoms with E-state index in [9.17, 15) is 19.5 Å². The average molecular weight is 483 g/mol. The standard InChI is InChI=1S/C28H34O7/c1-13-11-21(33-23(31)14(13)2)26(4)18-6-5-17-15-12-22-28(34-22)20(30)8-7-19(29)25(28,3)16(15)9-10-27(17,18)24(32)35-26/h7-8,15-18,20-22,30H,5-6,9-12H2,1-4H3/t15-,16+,17+,18-,20+,21-,22-,25+,26-,27-,28+/m1/s1. The van der Waals surface area contributed by atoms with Gasteiger partial charge < -0.3 is 19.3 Å². The van der Waals surface area contributed by atoms with E-state index in [1.54, 1.807) is 13.0 Å². The van der Waals surface area contributed by atoms with Crippen LogP contribution in [0.5, 0.6) is 0 Å². The lowest BCUT2D eigenvalue weighted by Crippen LogP contribution is -2.64. The minimum Gasteiger partial charge on any atom is -0.455 e. The highest BCUT2D eigenvalue weighted by Crippen LogP contribution is 2.75. The van der Waals surface area contributed by atoms with E-state index < -0.39 is 34.2 Å². The van der Waals surface area contributed by atoms with Gasteiger partial charge in [0.2, 0.25) is 0 Å². The maximum Gasteiger partial charge on any atom is 0.334 e. The molecule has 7 nitrogen and oxygen atoms in total. The molecule has 0 amide bonds. The van der Waals surface area contributed by atoms with E-state index in [1.165, 1.54) is 6.08 Å². The minimum absolute atomic E-state index is 0.0235. The molecule has 11 atom stereocenters. The average Bonchev–Trinajstić information content (AvgIpc) is 3.34. The molecule has 4 aliphatic carbocycles. The molecule has 35 heavy (non-hydrogen) atoms. The van der Waals surface area contributed by atoms with Crippen LogP contribution in [-0.4, -0.2) is 52.3 Å². The molecule has 1 N–H and O–H groups in total. The van der Waals surface area contributed by atoms with Crippen LogP contribution in [0, 0.1) is 34.5 Å². The molecular weight excluding hydrogens is 448 g/mol. The molecule has 0 aromatic carbocycles. The van der Waals surface area contributed by atoms with Crippen LogP contribution in [0.15, 0.2) is 23.3 Å². The van der Waals surface area contributed by atoms with E-state index in [2.05, 4.69) is 0 Å². The Morgan fingerprint density at radius 2 is 1.80 bits per heavy atom. The molecule has 0 aromatic rings. The third-order valence-corrected chi connectivity index (χ3v) is 11.8. The summed E-state index contributed by atoms with van der Waals surface area (Å²) >= 11 is 0. The van der Waals surface area contributed by atoms with Crippen molar-refractivity contribution >= 4 is 17.7 Å². The van der Waals surface area contributed by atoms with Crippen molar-refractivity contribution in [3.63, 3.8) is 0 Å². The Bertz CT molecular complexity index is 1140. The predicted molar refractivity (Wildman–Crippen MR) is 123 cm³/mol. The molecule has 0 radical (unpaired) electrons. The van der Waals surface area contributed by atoms with Crippen LogP contribution in [0.2, 0.25) is 0 Å². The lowest BCUT2D eigenvalue weighted by Gasteiger charge is -2.56. The number of esters is 2. The fraction of sp³-hybridized carbons (Fsp3) is 0.750. The lowest BCUT2D eigenvalue weighted by molar-refractivity contribution is -0.178. The maximum absolute atomic E-state index is 13.8. The van der Waals surface area contributed by atoms with E-state index in [0.717, 1.165) is 31.3 Å². The summed E-state index contributed by atoms with van der Waals surface area (Å²) in [5.41, 5.74) is -1.42. The molecule has 3 saturated carbocycles. The highest BCUT2D eigenvalue weighted by molar-refractivity contribution is 5.98. The summed E-state index contributed by atoms with van der Waals surface area (Å²) in [6, 6.07) is 0. The summed E-state index contributed by atoms with van der Waals surface area (Å²) in [6.07, 6.45) is 6.19. The SMILES string of the molecule is CC1=C(C)C(=O)O[C@@H]([C@]2(C)OC(=O)[C@]34CC[C@H]5[C@@H](C[C@H]6O[C@@]67[C@@H](O)C=CC(=O)[C@]57C)[C@@H]3CC[C@H]24)C1. The molecule has 2 saturated heterocycles. The van der Waals surface area contributed by atoms with E-state index in [1.807, 2.05) is 20.8 Å². The Labute approximate surface area is 205 Å². The zero-order valence-electron chi connectivity index (χ0n) is 20.8. The van der Waals surface area contributed by atoms with E-state index in [-0.39, 0.29) is 47.5 Å². The number of aliphatic hydroxyl groups excluding tert-OH is 1. The van der Waals surface area contributed by atoms with Gasteiger partial charge in [-0.3, -0.25) is 9.59 Å². The number of aliphatic hydroxyl groups is 1. The van der Waals surface area contributed by atoms with Crippen molar-refractivity contribution in [2.45, 2.75) is 95.7 Å². The fourth-order valence-corrected chi connectivity index (χ4v) is 9.90. The van der Waals surface area contributed by atoms with Crippen molar-refractivity contribution in [2.75, 3.05) is 0 Å². The number of carbonyl (C=O) groups is 3. The van der Waals surface area contributed by atoms with Gasteiger partial charge in [0.05, 0.1) is 16.9 Å². The van der Waals surface area contributed by atoms with Gasteiger partial charge in [0.1, 0.15) is 17.8 Å². The number of ketones is 1. The molecule has 2 spiro atoms. The molecule has 0 aromatic heterocycles. The smallest absolute Gasteiger partial charge is 0.334 e. The summed E-state index contributed by atoms with van der Waals surface area (Å²) in [7, 11) is 0. The van der Waals surface area contributed by atoms with E-state index >= 15 is 0 Å². The Morgan fingerprint density at radius 3 is 2.54 bits per heavy atom.